The second kappa shape index (κ2) is 6.16. The van der Waals surface area contributed by atoms with Crippen molar-refractivity contribution in [2.45, 2.75) is 19.4 Å². The first-order chi connectivity index (χ1) is 11.6. The molecule has 1 aromatic rings. The molecule has 2 amide bonds. The van der Waals surface area contributed by atoms with Gasteiger partial charge in [0.1, 0.15) is 0 Å². The molecule has 1 aromatic heterocycles. The summed E-state index contributed by atoms with van der Waals surface area (Å²) in [5.74, 6) is 1.58. The van der Waals surface area contributed by atoms with E-state index in [-0.39, 0.29) is 23.8 Å². The Labute approximate surface area is 141 Å². The maximum Gasteiger partial charge on any atom is 0.251 e. The number of aromatic nitrogens is 1. The van der Waals surface area contributed by atoms with Crippen LogP contribution in [0.3, 0.4) is 0 Å². The molecular weight excluding hydrogens is 306 g/mol. The molecule has 2 saturated heterocycles. The summed E-state index contributed by atoms with van der Waals surface area (Å²) in [6.07, 6.45) is 4.38. The van der Waals surface area contributed by atoms with E-state index in [0.29, 0.717) is 43.0 Å². The summed E-state index contributed by atoms with van der Waals surface area (Å²) in [6, 6.07) is 3.41. The van der Waals surface area contributed by atoms with Gasteiger partial charge in [0.05, 0.1) is 12.7 Å². The summed E-state index contributed by atoms with van der Waals surface area (Å²) in [5, 5.41) is 2.99. The monoisotopic (exact) mass is 329 g/mol. The van der Waals surface area contributed by atoms with Crippen molar-refractivity contribution in [3.8, 4) is 0 Å². The quantitative estimate of drug-likeness (QED) is 0.892. The van der Waals surface area contributed by atoms with Crippen LogP contribution in [0, 0.1) is 23.7 Å². The van der Waals surface area contributed by atoms with Gasteiger partial charge in [0.15, 0.2) is 0 Å². The molecule has 3 aliphatic rings. The third kappa shape index (κ3) is 2.90. The molecule has 6 heteroatoms. The topological polar surface area (TPSA) is 71.5 Å². The van der Waals surface area contributed by atoms with Crippen molar-refractivity contribution in [2.75, 3.05) is 26.2 Å². The van der Waals surface area contributed by atoms with Crippen LogP contribution in [0.25, 0.3) is 0 Å². The molecule has 128 valence electrons. The predicted molar refractivity (Wildman–Crippen MR) is 87.1 cm³/mol. The third-order valence-electron chi connectivity index (χ3n) is 5.64. The molecule has 5 atom stereocenters. The molecule has 4 rings (SSSR count). The number of carbonyl (C=O) groups excluding carboxylic acids is 2. The fourth-order valence-corrected chi connectivity index (χ4v) is 3.92. The first-order valence-electron chi connectivity index (χ1n) is 8.72. The first-order valence-corrected chi connectivity index (χ1v) is 8.72. The molecule has 0 bridgehead atoms. The van der Waals surface area contributed by atoms with Gasteiger partial charge < -0.3 is 15.0 Å². The largest absolute Gasteiger partial charge is 0.376 e. The second-order valence-corrected chi connectivity index (χ2v) is 7.30. The third-order valence-corrected chi connectivity index (χ3v) is 5.64. The van der Waals surface area contributed by atoms with Gasteiger partial charge in [-0.1, -0.05) is 6.92 Å². The van der Waals surface area contributed by atoms with Crippen molar-refractivity contribution >= 4 is 11.8 Å². The SMILES string of the molecule is C[C@@H]1C[C@@H]1C(=O)N1C[C@@H]2[C@@H](CNC(=O)c3ccncc3)CO[C@@H]2C1. The van der Waals surface area contributed by atoms with Gasteiger partial charge in [0, 0.05) is 55.3 Å². The number of hydrogen-bond acceptors (Lipinski definition) is 4. The van der Waals surface area contributed by atoms with E-state index in [1.165, 1.54) is 0 Å². The Morgan fingerprint density at radius 1 is 1.33 bits per heavy atom. The van der Waals surface area contributed by atoms with Crippen LogP contribution in [0.15, 0.2) is 24.5 Å². The summed E-state index contributed by atoms with van der Waals surface area (Å²) < 4.78 is 5.88. The lowest BCUT2D eigenvalue weighted by Gasteiger charge is -2.20. The highest BCUT2D eigenvalue weighted by molar-refractivity contribution is 5.93. The number of ether oxygens (including phenoxy) is 1. The average Bonchev–Trinajstić information content (AvgIpc) is 3.02. The molecule has 1 N–H and O–H groups in total. The van der Waals surface area contributed by atoms with E-state index in [1.807, 2.05) is 4.90 Å². The van der Waals surface area contributed by atoms with Crippen LogP contribution in [0.1, 0.15) is 23.7 Å². The molecule has 6 nitrogen and oxygen atoms in total. The van der Waals surface area contributed by atoms with Gasteiger partial charge in [-0.05, 0) is 24.5 Å². The lowest BCUT2D eigenvalue weighted by molar-refractivity contribution is -0.132. The summed E-state index contributed by atoms with van der Waals surface area (Å²) in [4.78, 5) is 30.5. The highest BCUT2D eigenvalue weighted by Gasteiger charge is 2.49. The Balaban J connectivity index is 1.31. The zero-order chi connectivity index (χ0) is 16.7. The van der Waals surface area contributed by atoms with Crippen molar-refractivity contribution in [3.63, 3.8) is 0 Å². The lowest BCUT2D eigenvalue weighted by atomic mass is 9.93. The summed E-state index contributed by atoms with van der Waals surface area (Å²) in [7, 11) is 0. The van der Waals surface area contributed by atoms with Crippen LogP contribution in [0.2, 0.25) is 0 Å². The van der Waals surface area contributed by atoms with Crippen molar-refractivity contribution in [1.82, 2.24) is 15.2 Å². The van der Waals surface area contributed by atoms with Gasteiger partial charge in [0.2, 0.25) is 5.91 Å². The summed E-state index contributed by atoms with van der Waals surface area (Å²) in [5.41, 5.74) is 0.617. The van der Waals surface area contributed by atoms with Crippen molar-refractivity contribution < 1.29 is 14.3 Å². The van der Waals surface area contributed by atoms with Gasteiger partial charge in [0.25, 0.3) is 5.91 Å². The maximum absolute atomic E-state index is 12.4. The van der Waals surface area contributed by atoms with E-state index in [1.54, 1.807) is 24.5 Å². The Bertz CT molecular complexity index is 636. The van der Waals surface area contributed by atoms with E-state index in [4.69, 9.17) is 4.74 Å². The summed E-state index contributed by atoms with van der Waals surface area (Å²) in [6.45, 7) is 4.86. The Hall–Kier alpha value is -1.95. The number of pyridine rings is 1. The average molecular weight is 329 g/mol. The van der Waals surface area contributed by atoms with E-state index in [9.17, 15) is 9.59 Å². The van der Waals surface area contributed by atoms with Crippen LogP contribution < -0.4 is 5.32 Å². The normalized spacial score (nSPS) is 34.0. The smallest absolute Gasteiger partial charge is 0.251 e. The second-order valence-electron chi connectivity index (χ2n) is 7.30. The van der Waals surface area contributed by atoms with Crippen molar-refractivity contribution in [1.29, 1.82) is 0 Å². The molecule has 0 aromatic carbocycles. The molecular formula is C18H23N3O3. The first kappa shape index (κ1) is 15.6. The van der Waals surface area contributed by atoms with Crippen LogP contribution in [-0.2, 0) is 9.53 Å². The highest BCUT2D eigenvalue weighted by atomic mass is 16.5. The van der Waals surface area contributed by atoms with E-state index >= 15 is 0 Å². The number of rotatable bonds is 4. The number of fused-ring (bicyclic) bond motifs is 1. The zero-order valence-electron chi connectivity index (χ0n) is 13.9. The number of carbonyl (C=O) groups is 2. The van der Waals surface area contributed by atoms with Gasteiger partial charge in [-0.3, -0.25) is 14.6 Å². The summed E-state index contributed by atoms with van der Waals surface area (Å²) >= 11 is 0. The van der Waals surface area contributed by atoms with Crippen LogP contribution in [0.5, 0.6) is 0 Å². The standard InChI is InChI=1S/C18H23N3O3/c1-11-6-14(11)18(23)21-8-15-13(10-24-16(15)9-21)7-20-17(22)12-2-4-19-5-3-12/h2-5,11,13-16H,6-10H2,1H3,(H,20,22)/t11-,13+,14+,15-,16-/m1/s1. The molecule has 2 aliphatic heterocycles. The van der Waals surface area contributed by atoms with E-state index < -0.39 is 0 Å². The van der Waals surface area contributed by atoms with Crippen LogP contribution in [0.4, 0.5) is 0 Å². The molecule has 1 saturated carbocycles. The van der Waals surface area contributed by atoms with E-state index in [0.717, 1.165) is 13.0 Å². The molecule has 3 heterocycles. The van der Waals surface area contributed by atoms with Gasteiger partial charge in [-0.25, -0.2) is 0 Å². The number of hydrogen-bond donors (Lipinski definition) is 1. The van der Waals surface area contributed by atoms with Crippen molar-refractivity contribution in [2.24, 2.45) is 23.7 Å². The maximum atomic E-state index is 12.4. The predicted octanol–water partition coefficient (Wildman–Crippen LogP) is 0.941. The molecule has 0 radical (unpaired) electrons. The highest BCUT2D eigenvalue weighted by Crippen LogP contribution is 2.41. The fraction of sp³-hybridized carbons (Fsp3) is 0.611. The minimum atomic E-state index is -0.0846. The molecule has 24 heavy (non-hydrogen) atoms. The zero-order valence-corrected chi connectivity index (χ0v) is 13.9. The Morgan fingerprint density at radius 2 is 2.08 bits per heavy atom. The molecule has 0 spiro atoms. The number of nitrogens with one attached hydrogen (secondary N) is 1. The Kier molecular flexibility index (Phi) is 4.00. The number of likely N-dealkylation sites (tertiary alicyclic amines) is 1. The molecule has 0 unspecified atom stereocenters. The van der Waals surface area contributed by atoms with Gasteiger partial charge in [-0.15, -0.1) is 0 Å². The van der Waals surface area contributed by atoms with Gasteiger partial charge in [-0.2, -0.15) is 0 Å². The fourth-order valence-electron chi connectivity index (χ4n) is 3.92. The molecule has 1 aliphatic carbocycles. The van der Waals surface area contributed by atoms with Crippen LogP contribution >= 0.6 is 0 Å². The van der Waals surface area contributed by atoms with E-state index in [2.05, 4.69) is 17.2 Å². The number of nitrogens with zero attached hydrogens (tertiary/aromatic N) is 2. The van der Waals surface area contributed by atoms with Crippen molar-refractivity contribution in [3.05, 3.63) is 30.1 Å². The van der Waals surface area contributed by atoms with Gasteiger partial charge >= 0.3 is 0 Å². The number of amides is 2. The van der Waals surface area contributed by atoms with Crippen LogP contribution in [-0.4, -0.2) is 54.0 Å². The minimum Gasteiger partial charge on any atom is -0.376 e. The molecule has 3 fully saturated rings. The Morgan fingerprint density at radius 3 is 2.79 bits per heavy atom. The lowest BCUT2D eigenvalue weighted by Crippen LogP contribution is -2.36. The minimum absolute atomic E-state index is 0.0846.